The molecule has 0 bridgehead atoms. The van der Waals surface area contributed by atoms with Crippen molar-refractivity contribution >= 4 is 22.5 Å². The van der Waals surface area contributed by atoms with E-state index in [2.05, 4.69) is 31.2 Å². The molecule has 3 aromatic rings. The van der Waals surface area contributed by atoms with Crippen LogP contribution in [-0.4, -0.2) is 51.1 Å². The minimum atomic E-state index is -0.925. The molecule has 0 saturated heterocycles. The second-order valence-electron chi connectivity index (χ2n) is 9.58. The number of H-pyrrole nitrogens is 1. The SMILES string of the molecule is O=C(N[C@H]1C[C@@H]1F)c1ccc(C2=CCN(Cc3cnc4cc(C5CC5)c(=O)[nH]c4c3)CC2)cn1. The van der Waals surface area contributed by atoms with Crippen molar-refractivity contribution in [2.75, 3.05) is 13.1 Å². The van der Waals surface area contributed by atoms with Crippen molar-refractivity contribution in [3.05, 3.63) is 75.5 Å². The second-order valence-corrected chi connectivity index (χ2v) is 9.58. The van der Waals surface area contributed by atoms with Crippen molar-refractivity contribution in [3.63, 3.8) is 0 Å². The Morgan fingerprint density at radius 1 is 1.21 bits per heavy atom. The lowest BCUT2D eigenvalue weighted by atomic mass is 10.0. The summed E-state index contributed by atoms with van der Waals surface area (Å²) in [5.41, 5.74) is 6.10. The third-order valence-corrected chi connectivity index (χ3v) is 6.89. The highest BCUT2D eigenvalue weighted by molar-refractivity contribution is 5.93. The highest BCUT2D eigenvalue weighted by atomic mass is 19.1. The van der Waals surface area contributed by atoms with E-state index >= 15 is 0 Å². The number of aromatic nitrogens is 3. The molecule has 174 valence electrons. The minimum absolute atomic E-state index is 0.00996. The van der Waals surface area contributed by atoms with Gasteiger partial charge in [0.15, 0.2) is 0 Å². The smallest absolute Gasteiger partial charge is 0.270 e. The Morgan fingerprint density at radius 3 is 2.74 bits per heavy atom. The Kier molecular flexibility index (Phi) is 5.25. The molecule has 0 spiro atoms. The molecule has 2 fully saturated rings. The van der Waals surface area contributed by atoms with E-state index in [0.29, 0.717) is 18.0 Å². The number of alkyl halides is 1. The Labute approximate surface area is 196 Å². The molecule has 2 aliphatic carbocycles. The molecule has 1 aliphatic heterocycles. The maximum atomic E-state index is 13.0. The molecule has 4 heterocycles. The first-order chi connectivity index (χ1) is 16.5. The lowest BCUT2D eigenvalue weighted by molar-refractivity contribution is 0.0942. The maximum absolute atomic E-state index is 13.0. The van der Waals surface area contributed by atoms with Crippen molar-refractivity contribution in [1.82, 2.24) is 25.2 Å². The average molecular weight is 460 g/mol. The van der Waals surface area contributed by atoms with Gasteiger partial charge in [0, 0.05) is 44.0 Å². The van der Waals surface area contributed by atoms with Gasteiger partial charge >= 0.3 is 0 Å². The van der Waals surface area contributed by atoms with Gasteiger partial charge in [-0.1, -0.05) is 12.1 Å². The molecule has 7 nitrogen and oxygen atoms in total. The van der Waals surface area contributed by atoms with E-state index in [4.69, 9.17) is 0 Å². The van der Waals surface area contributed by atoms with Crippen molar-refractivity contribution in [3.8, 4) is 0 Å². The number of fused-ring (bicyclic) bond motifs is 1. The van der Waals surface area contributed by atoms with Gasteiger partial charge in [-0.05, 0) is 60.1 Å². The zero-order valence-electron chi connectivity index (χ0n) is 18.8. The monoisotopic (exact) mass is 459 g/mol. The number of hydrogen-bond donors (Lipinski definition) is 2. The Balaban J connectivity index is 1.09. The summed E-state index contributed by atoms with van der Waals surface area (Å²) < 4.78 is 13.0. The zero-order valence-corrected chi connectivity index (χ0v) is 18.8. The Bertz CT molecular complexity index is 1350. The van der Waals surface area contributed by atoms with Gasteiger partial charge in [-0.15, -0.1) is 0 Å². The van der Waals surface area contributed by atoms with E-state index in [9.17, 15) is 14.0 Å². The number of aromatic amines is 1. The highest BCUT2D eigenvalue weighted by Gasteiger charge is 2.39. The predicted molar refractivity (Wildman–Crippen MR) is 127 cm³/mol. The van der Waals surface area contributed by atoms with E-state index in [1.807, 2.05) is 24.4 Å². The van der Waals surface area contributed by atoms with Crippen molar-refractivity contribution in [2.45, 2.75) is 50.4 Å². The normalized spacial score (nSPS) is 22.4. The van der Waals surface area contributed by atoms with Crippen molar-refractivity contribution in [1.29, 1.82) is 0 Å². The number of halogens is 1. The number of carbonyl (C=O) groups is 1. The quantitative estimate of drug-likeness (QED) is 0.590. The maximum Gasteiger partial charge on any atom is 0.270 e. The molecule has 3 aromatic heterocycles. The molecule has 8 heteroatoms. The van der Waals surface area contributed by atoms with Gasteiger partial charge in [0.1, 0.15) is 11.9 Å². The molecule has 6 rings (SSSR count). The molecular weight excluding hydrogens is 433 g/mol. The number of rotatable bonds is 6. The summed E-state index contributed by atoms with van der Waals surface area (Å²) in [6.07, 6.45) is 8.33. The van der Waals surface area contributed by atoms with Crippen LogP contribution in [0, 0.1) is 0 Å². The molecule has 0 aromatic carbocycles. The van der Waals surface area contributed by atoms with Crippen LogP contribution in [0.15, 0.2) is 47.5 Å². The van der Waals surface area contributed by atoms with Crippen LogP contribution >= 0.6 is 0 Å². The molecule has 0 radical (unpaired) electrons. The molecule has 2 atom stereocenters. The number of carbonyl (C=O) groups excluding carboxylic acids is 1. The third-order valence-electron chi connectivity index (χ3n) is 6.89. The molecule has 2 saturated carbocycles. The van der Waals surface area contributed by atoms with Crippen LogP contribution in [0.25, 0.3) is 16.6 Å². The average Bonchev–Trinajstić information content (AvgIpc) is 3.78. The fourth-order valence-electron chi connectivity index (χ4n) is 4.57. The van der Waals surface area contributed by atoms with Crippen LogP contribution in [0.1, 0.15) is 58.8 Å². The topological polar surface area (TPSA) is 91.0 Å². The minimum Gasteiger partial charge on any atom is -0.345 e. The molecule has 3 aliphatic rings. The van der Waals surface area contributed by atoms with Crippen LogP contribution in [0.3, 0.4) is 0 Å². The van der Waals surface area contributed by atoms with Crippen LogP contribution in [-0.2, 0) is 6.54 Å². The summed E-state index contributed by atoms with van der Waals surface area (Å²) in [6.45, 7) is 2.45. The van der Waals surface area contributed by atoms with E-state index in [-0.39, 0.29) is 17.5 Å². The molecule has 34 heavy (non-hydrogen) atoms. The highest BCUT2D eigenvalue weighted by Crippen LogP contribution is 2.38. The first-order valence-corrected chi connectivity index (χ1v) is 11.9. The Hall–Kier alpha value is -3.39. The molecular formula is C26H26FN5O2. The lowest BCUT2D eigenvalue weighted by Crippen LogP contribution is -2.28. The number of hydrogen-bond acceptors (Lipinski definition) is 5. The summed E-state index contributed by atoms with van der Waals surface area (Å²) in [6, 6.07) is 7.21. The molecule has 1 amide bonds. The summed E-state index contributed by atoms with van der Waals surface area (Å²) in [7, 11) is 0. The number of pyridine rings is 3. The summed E-state index contributed by atoms with van der Waals surface area (Å²) in [5.74, 6) is 0.0778. The van der Waals surface area contributed by atoms with Crippen LogP contribution < -0.4 is 10.9 Å². The van der Waals surface area contributed by atoms with E-state index in [0.717, 1.165) is 66.6 Å². The van der Waals surface area contributed by atoms with Gasteiger partial charge in [0.25, 0.3) is 11.5 Å². The van der Waals surface area contributed by atoms with Crippen LogP contribution in [0.2, 0.25) is 0 Å². The summed E-state index contributed by atoms with van der Waals surface area (Å²) in [5, 5.41) is 2.65. The van der Waals surface area contributed by atoms with Gasteiger partial charge in [-0.2, -0.15) is 0 Å². The fraction of sp³-hybridized carbons (Fsp3) is 0.385. The van der Waals surface area contributed by atoms with Gasteiger partial charge in [0.05, 0.1) is 17.1 Å². The first-order valence-electron chi connectivity index (χ1n) is 11.9. The van der Waals surface area contributed by atoms with Crippen molar-refractivity contribution in [2.24, 2.45) is 0 Å². The standard InChI is InChI=1S/C26H26FN5O2/c27-20-11-22(20)30-26(34)21-4-3-18(13-29-21)16-5-7-32(8-6-16)14-15-9-24-23(28-12-15)10-19(17-1-2-17)25(33)31-24/h3-5,9-10,12-13,17,20,22H,1-2,6-8,11,14H2,(H,30,34)(H,31,33)/t20-,22-/m0/s1. The number of nitrogens with zero attached hydrogens (tertiary/aromatic N) is 3. The predicted octanol–water partition coefficient (Wildman–Crippen LogP) is 3.33. The summed E-state index contributed by atoms with van der Waals surface area (Å²) in [4.78, 5) is 38.7. The van der Waals surface area contributed by atoms with E-state index in [1.54, 1.807) is 12.3 Å². The molecule has 2 N–H and O–H groups in total. The van der Waals surface area contributed by atoms with Crippen molar-refractivity contribution < 1.29 is 9.18 Å². The van der Waals surface area contributed by atoms with Crippen LogP contribution in [0.5, 0.6) is 0 Å². The van der Waals surface area contributed by atoms with Gasteiger partial charge in [-0.25, -0.2) is 4.39 Å². The zero-order chi connectivity index (χ0) is 23.2. The lowest BCUT2D eigenvalue weighted by Gasteiger charge is -2.26. The van der Waals surface area contributed by atoms with Gasteiger partial charge in [0.2, 0.25) is 0 Å². The number of amides is 1. The fourth-order valence-corrected chi connectivity index (χ4v) is 4.57. The second kappa shape index (κ2) is 8.43. The van der Waals surface area contributed by atoms with Gasteiger partial charge < -0.3 is 10.3 Å². The first kappa shape index (κ1) is 21.2. The third kappa shape index (κ3) is 4.37. The Morgan fingerprint density at radius 2 is 2.06 bits per heavy atom. The molecule has 0 unspecified atom stereocenters. The summed E-state index contributed by atoms with van der Waals surface area (Å²) >= 11 is 0. The van der Waals surface area contributed by atoms with E-state index in [1.165, 1.54) is 5.57 Å². The van der Waals surface area contributed by atoms with Gasteiger partial charge in [-0.3, -0.25) is 24.5 Å². The van der Waals surface area contributed by atoms with E-state index < -0.39 is 6.17 Å². The van der Waals surface area contributed by atoms with Crippen LogP contribution in [0.4, 0.5) is 4.39 Å². The largest absolute Gasteiger partial charge is 0.345 e. The number of nitrogens with one attached hydrogen (secondary N) is 2.